The number of ether oxygens (including phenoxy) is 2. The Kier molecular flexibility index (Phi) is 10.3. The molecule has 0 aliphatic carbocycles. The van der Waals surface area contributed by atoms with E-state index in [9.17, 15) is 18.0 Å². The molecule has 0 radical (unpaired) electrons. The van der Waals surface area contributed by atoms with Crippen LogP contribution in [-0.2, 0) is 15.6 Å². The molecule has 2 aromatic heterocycles. The molecule has 0 unspecified atom stereocenters. The number of likely N-dealkylation sites (tertiary alicyclic amines) is 1. The molecule has 14 heteroatoms. The highest BCUT2D eigenvalue weighted by atomic mass is 35.5. The van der Waals surface area contributed by atoms with Gasteiger partial charge in [0.05, 0.1) is 22.0 Å². The van der Waals surface area contributed by atoms with Gasteiger partial charge in [0.2, 0.25) is 22.7 Å². The molecular weight excluding hydrogens is 644 g/mol. The first-order valence-corrected chi connectivity index (χ1v) is 16.4. The summed E-state index contributed by atoms with van der Waals surface area (Å²) in [5.74, 6) is 0.104. The number of piperidine rings is 1. The van der Waals surface area contributed by atoms with Gasteiger partial charge in [0.25, 0.3) is 5.91 Å². The highest BCUT2D eigenvalue weighted by Crippen LogP contribution is 2.34. The van der Waals surface area contributed by atoms with Crippen molar-refractivity contribution in [3.63, 3.8) is 0 Å². The van der Waals surface area contributed by atoms with Gasteiger partial charge < -0.3 is 19.7 Å². The maximum atomic E-state index is 13.4. The van der Waals surface area contributed by atoms with Crippen LogP contribution in [0.3, 0.4) is 0 Å². The molecule has 1 N–H and O–H groups in total. The molecule has 246 valence electrons. The summed E-state index contributed by atoms with van der Waals surface area (Å²) in [6.45, 7) is 8.38. The fraction of sp³-hybridized carbons (Fsp3) is 0.303. The zero-order valence-electron chi connectivity index (χ0n) is 26.3. The van der Waals surface area contributed by atoms with Crippen molar-refractivity contribution in [2.45, 2.75) is 52.2 Å². The number of nitrogens with zero attached hydrogens (tertiary/aromatic N) is 5. The first-order valence-electron chi connectivity index (χ1n) is 14.9. The van der Waals surface area contributed by atoms with Gasteiger partial charge in [-0.3, -0.25) is 4.79 Å². The summed E-state index contributed by atoms with van der Waals surface area (Å²) in [4.78, 5) is 41.3. The molecule has 12 nitrogen and oxygen atoms in total. The van der Waals surface area contributed by atoms with E-state index in [4.69, 9.17) is 26.1 Å². The molecule has 4 aromatic rings. The normalized spacial score (nSPS) is 14.9. The molecule has 1 aliphatic heterocycles. The third-order valence-electron chi connectivity index (χ3n) is 7.19. The van der Waals surface area contributed by atoms with E-state index in [1.807, 2.05) is 20.8 Å². The quantitative estimate of drug-likeness (QED) is 0.204. The molecule has 0 spiro atoms. The van der Waals surface area contributed by atoms with E-state index in [0.717, 1.165) is 12.8 Å². The number of pyridine rings is 1. The number of hydrogen-bond donors (Lipinski definition) is 2. The van der Waals surface area contributed by atoms with E-state index >= 15 is 0 Å². The van der Waals surface area contributed by atoms with Gasteiger partial charge in [-0.2, -0.15) is 0 Å². The van der Waals surface area contributed by atoms with E-state index in [1.54, 1.807) is 60.6 Å². The summed E-state index contributed by atoms with van der Waals surface area (Å²) in [5.41, 5.74) is 1.32. The molecule has 3 heterocycles. The van der Waals surface area contributed by atoms with Crippen LogP contribution < -0.4 is 14.4 Å². The zero-order valence-corrected chi connectivity index (χ0v) is 28.0. The van der Waals surface area contributed by atoms with Gasteiger partial charge in [-0.15, -0.1) is 0 Å². The monoisotopic (exact) mass is 678 g/mol. The van der Waals surface area contributed by atoms with E-state index in [1.165, 1.54) is 24.3 Å². The molecule has 0 bridgehead atoms. The van der Waals surface area contributed by atoms with E-state index in [2.05, 4.69) is 15.3 Å². The van der Waals surface area contributed by atoms with Crippen LogP contribution in [0, 0.1) is 6.92 Å². The van der Waals surface area contributed by atoms with Crippen molar-refractivity contribution >= 4 is 46.1 Å². The molecule has 1 fully saturated rings. The predicted molar refractivity (Wildman–Crippen MR) is 180 cm³/mol. The summed E-state index contributed by atoms with van der Waals surface area (Å²) < 4.78 is 36.7. The van der Waals surface area contributed by atoms with Crippen molar-refractivity contribution in [2.24, 2.45) is 0 Å². The molecule has 1 aliphatic rings. The van der Waals surface area contributed by atoms with Crippen LogP contribution in [0.1, 0.15) is 49.5 Å². The van der Waals surface area contributed by atoms with Crippen molar-refractivity contribution in [3.05, 3.63) is 89.2 Å². The van der Waals surface area contributed by atoms with E-state index < -0.39 is 22.4 Å². The van der Waals surface area contributed by atoms with Gasteiger partial charge in [0.15, 0.2) is 0 Å². The minimum Gasteiger partial charge on any atom is -0.444 e. The number of benzene rings is 2. The van der Waals surface area contributed by atoms with E-state index in [0.29, 0.717) is 45.9 Å². The first-order chi connectivity index (χ1) is 22.4. The van der Waals surface area contributed by atoms with Crippen molar-refractivity contribution in [2.75, 3.05) is 22.7 Å². The summed E-state index contributed by atoms with van der Waals surface area (Å²) in [7, 11) is -3.34. The van der Waals surface area contributed by atoms with Gasteiger partial charge in [0, 0.05) is 37.1 Å². The number of halogens is 1. The maximum Gasteiger partial charge on any atom is 0.410 e. The molecular formula is C33H35ClN6O6S. The lowest BCUT2D eigenvalue weighted by Gasteiger charge is -2.34. The van der Waals surface area contributed by atoms with Crippen LogP contribution in [0.5, 0.6) is 11.6 Å². The average molecular weight is 679 g/mol. The third kappa shape index (κ3) is 8.35. The van der Waals surface area contributed by atoms with E-state index in [-0.39, 0.29) is 34.3 Å². The Balaban J connectivity index is 1.36. The Bertz CT molecular complexity index is 1860. The first kappa shape index (κ1) is 33.6. The largest absolute Gasteiger partial charge is 0.444 e. The second kappa shape index (κ2) is 14.3. The lowest BCUT2D eigenvalue weighted by Crippen LogP contribution is -2.47. The highest BCUT2D eigenvalue weighted by molar-refractivity contribution is 7.75. The number of amides is 2. The molecule has 2 aromatic carbocycles. The lowest BCUT2D eigenvalue weighted by atomic mass is 10.1. The summed E-state index contributed by atoms with van der Waals surface area (Å²) >= 11 is 6.21. The standard InChI is InChI=1S/C33H35ClN6O6S/c1-21-13-14-22(30(41)40(47(43)44)27-12-6-5-11-25(27)34)19-28(21)45-29-24(10-7-16-35-29)26-15-17-36-31(38-26)37-23-9-8-18-39(20-23)32(42)46-33(2,3)4/h5-7,10-17,19,23,47H,8-9,18,20H2,1-4H3,(H,36,37,38)/t23-/m0/s1. The van der Waals surface area contributed by atoms with Crippen LogP contribution in [0.15, 0.2) is 73.1 Å². The van der Waals surface area contributed by atoms with Crippen molar-refractivity contribution < 1.29 is 27.5 Å². The lowest BCUT2D eigenvalue weighted by molar-refractivity contribution is 0.0206. The number of nitrogens with one attached hydrogen (secondary N) is 1. The average Bonchev–Trinajstić information content (AvgIpc) is 3.02. The number of aryl methyl sites for hydroxylation is 1. The number of rotatable bonds is 8. The van der Waals surface area contributed by atoms with Crippen LogP contribution >= 0.6 is 11.6 Å². The van der Waals surface area contributed by atoms with Crippen LogP contribution in [-0.4, -0.2) is 65.0 Å². The Morgan fingerprint density at radius 2 is 1.83 bits per heavy atom. The van der Waals surface area contributed by atoms with Gasteiger partial charge in [-0.25, -0.2) is 32.5 Å². The molecule has 2 amide bonds. The predicted octanol–water partition coefficient (Wildman–Crippen LogP) is 6.28. The smallest absolute Gasteiger partial charge is 0.410 e. The maximum absolute atomic E-state index is 13.4. The van der Waals surface area contributed by atoms with Crippen LogP contribution in [0.2, 0.25) is 5.02 Å². The van der Waals surface area contributed by atoms with Crippen LogP contribution in [0.25, 0.3) is 11.3 Å². The van der Waals surface area contributed by atoms with Gasteiger partial charge >= 0.3 is 6.09 Å². The minimum atomic E-state index is -3.34. The second-order valence-corrected chi connectivity index (χ2v) is 13.2. The van der Waals surface area contributed by atoms with Gasteiger partial charge in [-0.1, -0.05) is 29.8 Å². The number of carbonyl (C=O) groups is 2. The van der Waals surface area contributed by atoms with Crippen molar-refractivity contribution in [1.29, 1.82) is 0 Å². The minimum absolute atomic E-state index is 0.0456. The topological polar surface area (TPSA) is 144 Å². The summed E-state index contributed by atoms with van der Waals surface area (Å²) in [5, 5.41) is 3.46. The third-order valence-corrected chi connectivity index (χ3v) is 8.23. The molecule has 5 rings (SSSR count). The van der Waals surface area contributed by atoms with Crippen LogP contribution in [0.4, 0.5) is 16.4 Å². The molecule has 1 saturated heterocycles. The van der Waals surface area contributed by atoms with Gasteiger partial charge in [-0.05, 0) is 88.6 Å². The molecule has 47 heavy (non-hydrogen) atoms. The fourth-order valence-electron chi connectivity index (χ4n) is 4.98. The number of hydrogen-bond acceptors (Lipinski definition) is 10. The Morgan fingerprint density at radius 3 is 2.57 bits per heavy atom. The zero-order chi connectivity index (χ0) is 33.7. The number of anilines is 2. The van der Waals surface area contributed by atoms with Gasteiger partial charge in [0.1, 0.15) is 11.4 Å². The number of carbonyl (C=O) groups excluding carboxylic acids is 2. The fourth-order valence-corrected chi connectivity index (χ4v) is 5.87. The Hall–Kier alpha value is -4.75. The summed E-state index contributed by atoms with van der Waals surface area (Å²) in [6.07, 6.45) is 4.47. The van der Waals surface area contributed by atoms with Crippen molar-refractivity contribution in [1.82, 2.24) is 19.9 Å². The van der Waals surface area contributed by atoms with Crippen molar-refractivity contribution in [3.8, 4) is 22.9 Å². The highest BCUT2D eigenvalue weighted by Gasteiger charge is 2.28. The molecule has 1 atom stereocenters. The second-order valence-electron chi connectivity index (χ2n) is 11.9. The number of aromatic nitrogens is 3. The Labute approximate surface area is 279 Å². The summed E-state index contributed by atoms with van der Waals surface area (Å²) in [6, 6.07) is 16.0. The Morgan fingerprint density at radius 1 is 1.04 bits per heavy atom. The number of para-hydroxylation sites is 1. The molecule has 0 saturated carbocycles. The SMILES string of the molecule is Cc1ccc(C(=O)N(c2ccccc2Cl)[SH](=O)=O)cc1Oc1ncccc1-c1ccnc(N[C@H]2CCCN(C(=O)OC(C)(C)C)C2)n1. The number of thiol groups is 1.